The third kappa shape index (κ3) is 1.51. The molecule has 0 unspecified atom stereocenters. The normalized spacial score (nSPS) is 11.3. The van der Waals surface area contributed by atoms with Crippen LogP contribution in [0.15, 0.2) is 11.1 Å². The van der Waals surface area contributed by atoms with Gasteiger partial charge in [-0.1, -0.05) is 0 Å². The lowest BCUT2D eigenvalue weighted by molar-refractivity contribution is 0.742. The molecule has 0 N–H and O–H groups in total. The molecule has 0 amide bonds. The number of hydrogen-bond donors (Lipinski definition) is 0. The second-order valence-corrected chi connectivity index (χ2v) is 2.61. The molecule has 4 nitrogen and oxygen atoms in total. The van der Waals surface area contributed by atoms with Crippen LogP contribution < -0.4 is 5.62 Å². The van der Waals surface area contributed by atoms with Crippen LogP contribution in [0.25, 0.3) is 0 Å². The minimum atomic E-state index is 0.454. The molecule has 1 aromatic heterocycles. The smallest absolute Gasteiger partial charge is 0.240 e. The molecular formula is C8H10N4. The lowest BCUT2D eigenvalue weighted by Crippen LogP contribution is -2.24. The van der Waals surface area contributed by atoms with Gasteiger partial charge in [0.15, 0.2) is 0 Å². The van der Waals surface area contributed by atoms with E-state index in [2.05, 4.69) is 9.98 Å². The summed E-state index contributed by atoms with van der Waals surface area (Å²) in [7, 11) is 1.83. The SMILES string of the molecule is Cc1cc(C)n(C)c(=NC#N)n1. The maximum absolute atomic E-state index is 8.36. The summed E-state index contributed by atoms with van der Waals surface area (Å²) in [5, 5.41) is 8.36. The van der Waals surface area contributed by atoms with Crippen molar-refractivity contribution in [3.05, 3.63) is 23.1 Å². The van der Waals surface area contributed by atoms with Crippen LogP contribution in [-0.2, 0) is 7.05 Å². The zero-order valence-electron chi connectivity index (χ0n) is 7.37. The number of nitriles is 1. The van der Waals surface area contributed by atoms with Crippen LogP contribution in [0, 0.1) is 25.3 Å². The Balaban J connectivity index is 3.51. The Labute approximate surface area is 70.8 Å². The molecule has 1 aromatic rings. The molecular weight excluding hydrogens is 152 g/mol. The first-order chi connectivity index (χ1) is 5.65. The van der Waals surface area contributed by atoms with Gasteiger partial charge in [-0.25, -0.2) is 4.98 Å². The van der Waals surface area contributed by atoms with E-state index in [-0.39, 0.29) is 0 Å². The van der Waals surface area contributed by atoms with Gasteiger partial charge in [0, 0.05) is 18.4 Å². The first-order valence-corrected chi connectivity index (χ1v) is 3.59. The summed E-state index contributed by atoms with van der Waals surface area (Å²) >= 11 is 0. The molecule has 0 saturated heterocycles. The molecule has 4 heteroatoms. The maximum Gasteiger partial charge on any atom is 0.240 e. The van der Waals surface area contributed by atoms with Crippen molar-refractivity contribution in [2.24, 2.45) is 12.0 Å². The van der Waals surface area contributed by atoms with Gasteiger partial charge in [0.2, 0.25) is 11.8 Å². The van der Waals surface area contributed by atoms with Crippen LogP contribution >= 0.6 is 0 Å². The van der Waals surface area contributed by atoms with Crippen molar-refractivity contribution in [3.63, 3.8) is 0 Å². The van der Waals surface area contributed by atoms with Gasteiger partial charge in [0.1, 0.15) is 0 Å². The van der Waals surface area contributed by atoms with Gasteiger partial charge in [-0.2, -0.15) is 5.26 Å². The Morgan fingerprint density at radius 3 is 2.83 bits per heavy atom. The van der Waals surface area contributed by atoms with Crippen molar-refractivity contribution in [3.8, 4) is 6.19 Å². The lowest BCUT2D eigenvalue weighted by atomic mass is 10.3. The molecule has 0 aliphatic heterocycles. The van der Waals surface area contributed by atoms with E-state index >= 15 is 0 Å². The number of rotatable bonds is 0. The lowest BCUT2D eigenvalue weighted by Gasteiger charge is -2.03. The molecule has 62 valence electrons. The third-order valence-corrected chi connectivity index (χ3v) is 1.67. The molecule has 0 saturated carbocycles. The molecule has 0 bridgehead atoms. The number of aromatic nitrogens is 2. The van der Waals surface area contributed by atoms with Gasteiger partial charge in [0.05, 0.1) is 0 Å². The van der Waals surface area contributed by atoms with Gasteiger partial charge in [-0.05, 0) is 19.9 Å². The maximum atomic E-state index is 8.36. The van der Waals surface area contributed by atoms with Gasteiger partial charge in [-0.15, -0.1) is 4.99 Å². The highest BCUT2D eigenvalue weighted by molar-refractivity contribution is 5.05. The van der Waals surface area contributed by atoms with Crippen molar-refractivity contribution in [2.45, 2.75) is 13.8 Å². The summed E-state index contributed by atoms with van der Waals surface area (Å²) in [6, 6.07) is 1.94. The standard InChI is InChI=1S/C8H10N4/c1-6-4-7(2)12(3)8(11-6)10-5-9/h4H,1-3H3. The summed E-state index contributed by atoms with van der Waals surface area (Å²) in [6.07, 6.45) is 1.72. The Hall–Kier alpha value is -1.63. The van der Waals surface area contributed by atoms with Crippen LogP contribution in [-0.4, -0.2) is 9.55 Å². The minimum Gasteiger partial charge on any atom is -0.317 e. The monoisotopic (exact) mass is 162 g/mol. The quantitative estimate of drug-likeness (QED) is 0.519. The molecule has 0 aliphatic carbocycles. The van der Waals surface area contributed by atoms with E-state index in [1.165, 1.54) is 0 Å². The largest absolute Gasteiger partial charge is 0.317 e. The average molecular weight is 162 g/mol. The first-order valence-electron chi connectivity index (χ1n) is 3.59. The van der Waals surface area contributed by atoms with Crippen molar-refractivity contribution in [1.82, 2.24) is 9.55 Å². The van der Waals surface area contributed by atoms with Crippen LogP contribution in [0.1, 0.15) is 11.4 Å². The van der Waals surface area contributed by atoms with Crippen LogP contribution in [0.5, 0.6) is 0 Å². The summed E-state index contributed by atoms with van der Waals surface area (Å²) < 4.78 is 1.77. The zero-order valence-corrected chi connectivity index (χ0v) is 7.37. The van der Waals surface area contributed by atoms with Crippen molar-refractivity contribution >= 4 is 0 Å². The second kappa shape index (κ2) is 3.18. The number of hydrogen-bond acceptors (Lipinski definition) is 3. The van der Waals surface area contributed by atoms with Crippen molar-refractivity contribution in [1.29, 1.82) is 5.26 Å². The topological polar surface area (TPSA) is 54.0 Å². The van der Waals surface area contributed by atoms with Gasteiger partial charge in [-0.3, -0.25) is 0 Å². The zero-order chi connectivity index (χ0) is 9.14. The first kappa shape index (κ1) is 8.47. The number of nitrogens with zero attached hydrogens (tertiary/aromatic N) is 4. The third-order valence-electron chi connectivity index (χ3n) is 1.67. The highest BCUT2D eigenvalue weighted by atomic mass is 15.1. The molecule has 0 atom stereocenters. The molecule has 0 fully saturated rings. The fourth-order valence-corrected chi connectivity index (χ4v) is 0.967. The fraction of sp³-hybridized carbons (Fsp3) is 0.375. The molecule has 0 radical (unpaired) electrons. The molecule has 0 aromatic carbocycles. The fourth-order valence-electron chi connectivity index (χ4n) is 0.967. The molecule has 0 spiro atoms. The van der Waals surface area contributed by atoms with E-state index in [0.29, 0.717) is 5.62 Å². The van der Waals surface area contributed by atoms with E-state index < -0.39 is 0 Å². The van der Waals surface area contributed by atoms with E-state index in [9.17, 15) is 0 Å². The number of aryl methyl sites for hydroxylation is 2. The summed E-state index contributed by atoms with van der Waals surface area (Å²) in [4.78, 5) is 7.68. The van der Waals surface area contributed by atoms with E-state index in [4.69, 9.17) is 5.26 Å². The van der Waals surface area contributed by atoms with Crippen molar-refractivity contribution < 1.29 is 0 Å². The Bertz CT molecular complexity index is 394. The van der Waals surface area contributed by atoms with E-state index in [1.807, 2.05) is 27.0 Å². The predicted molar refractivity (Wildman–Crippen MR) is 43.9 cm³/mol. The van der Waals surface area contributed by atoms with Crippen LogP contribution in [0.2, 0.25) is 0 Å². The molecule has 1 heterocycles. The van der Waals surface area contributed by atoms with Crippen LogP contribution in [0.3, 0.4) is 0 Å². The molecule has 1 rings (SSSR count). The highest BCUT2D eigenvalue weighted by Crippen LogP contribution is 1.93. The second-order valence-electron chi connectivity index (χ2n) is 2.61. The average Bonchev–Trinajstić information content (AvgIpc) is 2.00. The summed E-state index contributed by atoms with van der Waals surface area (Å²) in [5.41, 5.74) is 2.37. The Morgan fingerprint density at radius 1 is 1.58 bits per heavy atom. The van der Waals surface area contributed by atoms with Crippen LogP contribution in [0.4, 0.5) is 0 Å². The Morgan fingerprint density at radius 2 is 2.25 bits per heavy atom. The van der Waals surface area contributed by atoms with Gasteiger partial charge < -0.3 is 4.57 Å². The minimum absolute atomic E-state index is 0.454. The predicted octanol–water partition coefficient (Wildman–Crippen LogP) is 0.419. The summed E-state index contributed by atoms with van der Waals surface area (Å²) in [5.74, 6) is 0. The molecule has 0 aliphatic rings. The summed E-state index contributed by atoms with van der Waals surface area (Å²) in [6.45, 7) is 3.83. The van der Waals surface area contributed by atoms with Gasteiger partial charge in [0.25, 0.3) is 0 Å². The van der Waals surface area contributed by atoms with E-state index in [1.54, 1.807) is 10.8 Å². The van der Waals surface area contributed by atoms with Gasteiger partial charge >= 0.3 is 0 Å². The Kier molecular flexibility index (Phi) is 2.24. The molecule has 12 heavy (non-hydrogen) atoms. The highest BCUT2D eigenvalue weighted by Gasteiger charge is 1.94. The van der Waals surface area contributed by atoms with E-state index in [0.717, 1.165) is 11.4 Å². The van der Waals surface area contributed by atoms with Crippen molar-refractivity contribution in [2.75, 3.05) is 0 Å².